The molecule has 0 saturated heterocycles. The molecule has 3 heterocycles. The molecule has 2 aromatic heterocycles. The molecule has 6 rings (SSSR count). The number of fused-ring (bicyclic) bond motifs is 1. The van der Waals surface area contributed by atoms with Crippen molar-refractivity contribution in [3.63, 3.8) is 0 Å². The molecular formula is C35H29FIN3O3S. The molecule has 0 saturated carbocycles. The average molecular weight is 718 g/mol. The summed E-state index contributed by atoms with van der Waals surface area (Å²) in [7, 11) is 0. The lowest BCUT2D eigenvalue weighted by molar-refractivity contribution is -0.138. The molecule has 1 atom stereocenters. The van der Waals surface area contributed by atoms with E-state index >= 15 is 0 Å². The van der Waals surface area contributed by atoms with Crippen LogP contribution in [0.3, 0.4) is 0 Å². The maximum atomic E-state index is 14.2. The lowest BCUT2D eigenvalue weighted by Gasteiger charge is -2.25. The fourth-order valence-electron chi connectivity index (χ4n) is 5.59. The van der Waals surface area contributed by atoms with E-state index in [-0.39, 0.29) is 17.7 Å². The van der Waals surface area contributed by atoms with Gasteiger partial charge in [0.1, 0.15) is 5.82 Å². The molecular weight excluding hydrogens is 688 g/mol. The smallest absolute Gasteiger partial charge is 0.338 e. The van der Waals surface area contributed by atoms with E-state index in [1.165, 1.54) is 37.2 Å². The van der Waals surface area contributed by atoms with E-state index in [0.717, 1.165) is 28.2 Å². The number of thiazole rings is 1. The number of nitrogens with zero attached hydrogens (tertiary/aromatic N) is 3. The Kier molecular flexibility index (Phi) is 8.26. The third-order valence-corrected chi connectivity index (χ3v) is 9.88. The van der Waals surface area contributed by atoms with Crippen molar-refractivity contribution in [2.24, 2.45) is 4.99 Å². The van der Waals surface area contributed by atoms with Crippen molar-refractivity contribution >= 4 is 51.7 Å². The van der Waals surface area contributed by atoms with Gasteiger partial charge in [-0.15, -0.1) is 0 Å². The number of ether oxygens (including phenoxy) is 1. The lowest BCUT2D eigenvalue weighted by atomic mass is 9.93. The maximum absolute atomic E-state index is 14.2. The van der Waals surface area contributed by atoms with Crippen molar-refractivity contribution in [3.05, 3.63) is 147 Å². The first-order chi connectivity index (χ1) is 21.2. The molecule has 0 bridgehead atoms. The Morgan fingerprint density at radius 2 is 1.77 bits per heavy atom. The summed E-state index contributed by atoms with van der Waals surface area (Å²) in [6, 6.07) is 22.8. The zero-order valence-electron chi connectivity index (χ0n) is 24.6. The summed E-state index contributed by atoms with van der Waals surface area (Å²) in [5, 5.41) is 0. The summed E-state index contributed by atoms with van der Waals surface area (Å²) in [4.78, 5) is 33.1. The first-order valence-corrected chi connectivity index (χ1v) is 16.1. The third kappa shape index (κ3) is 5.39. The van der Waals surface area contributed by atoms with Crippen LogP contribution in [-0.4, -0.2) is 21.7 Å². The van der Waals surface area contributed by atoms with Crippen LogP contribution in [0.1, 0.15) is 46.6 Å². The number of hydrogen-bond donors (Lipinski definition) is 0. The summed E-state index contributed by atoms with van der Waals surface area (Å²) in [6.45, 7) is 8.06. The summed E-state index contributed by atoms with van der Waals surface area (Å²) in [5.74, 6) is -0.986. The van der Waals surface area contributed by atoms with Crippen LogP contribution >= 0.6 is 33.9 Å². The molecule has 44 heavy (non-hydrogen) atoms. The molecule has 9 heteroatoms. The van der Waals surface area contributed by atoms with Crippen molar-refractivity contribution in [1.29, 1.82) is 0 Å². The van der Waals surface area contributed by atoms with E-state index in [9.17, 15) is 14.0 Å². The lowest BCUT2D eigenvalue weighted by Crippen LogP contribution is -2.40. The van der Waals surface area contributed by atoms with E-state index in [1.807, 2.05) is 50.3 Å². The molecule has 1 aliphatic rings. The third-order valence-electron chi connectivity index (χ3n) is 7.73. The maximum Gasteiger partial charge on any atom is 0.338 e. The topological polar surface area (TPSA) is 65.6 Å². The Morgan fingerprint density at radius 3 is 2.45 bits per heavy atom. The number of aromatic nitrogens is 2. The van der Waals surface area contributed by atoms with E-state index < -0.39 is 17.8 Å². The van der Waals surface area contributed by atoms with E-state index in [1.54, 1.807) is 19.1 Å². The Hall–Kier alpha value is -4.09. The van der Waals surface area contributed by atoms with Gasteiger partial charge in [0.05, 0.1) is 28.5 Å². The fourth-order valence-corrected chi connectivity index (χ4v) is 7.08. The van der Waals surface area contributed by atoms with E-state index in [2.05, 4.69) is 58.3 Å². The molecule has 0 unspecified atom stereocenters. The zero-order valence-corrected chi connectivity index (χ0v) is 27.6. The molecule has 0 spiro atoms. The fraction of sp³-hybridized carbons (Fsp3) is 0.171. The minimum atomic E-state index is -0.856. The van der Waals surface area contributed by atoms with Gasteiger partial charge in [0.2, 0.25) is 0 Å². The van der Waals surface area contributed by atoms with Gasteiger partial charge in [0, 0.05) is 26.2 Å². The minimum Gasteiger partial charge on any atom is -0.463 e. The van der Waals surface area contributed by atoms with Gasteiger partial charge in [0.15, 0.2) is 4.80 Å². The molecule has 0 aliphatic carbocycles. The Balaban J connectivity index is 1.59. The molecule has 1 aliphatic heterocycles. The van der Waals surface area contributed by atoms with Crippen LogP contribution in [0.15, 0.2) is 94.2 Å². The minimum absolute atomic E-state index is 0.153. The molecule has 3 aromatic carbocycles. The van der Waals surface area contributed by atoms with Gasteiger partial charge in [-0.05, 0) is 103 Å². The first kappa shape index (κ1) is 30.0. The highest BCUT2D eigenvalue weighted by Crippen LogP contribution is 2.35. The number of rotatable bonds is 6. The second-order valence-electron chi connectivity index (χ2n) is 10.6. The number of halogens is 2. The predicted molar refractivity (Wildman–Crippen MR) is 180 cm³/mol. The molecule has 0 N–H and O–H groups in total. The zero-order chi connectivity index (χ0) is 31.1. The van der Waals surface area contributed by atoms with E-state index in [4.69, 9.17) is 9.73 Å². The number of benzene rings is 3. The standard InChI is InChI=1S/C35H29FIN3O3S/c1-5-43-34(42)30-31(23-9-7-6-8-10-23)38-35-40(32(30)24-12-14-26(36)15-13-24)33(41)29(44-35)18-25-17-21(3)39(22(25)4)27-16-11-20(2)28(37)19-27/h6-19,32H,5H2,1-4H3/b29-18-/t32-/m0/s1. The van der Waals surface area contributed by atoms with Gasteiger partial charge >= 0.3 is 5.97 Å². The highest BCUT2D eigenvalue weighted by molar-refractivity contribution is 14.1. The average Bonchev–Trinajstić information content (AvgIpc) is 3.48. The van der Waals surface area contributed by atoms with Crippen molar-refractivity contribution in [2.45, 2.75) is 33.7 Å². The van der Waals surface area contributed by atoms with Gasteiger partial charge in [-0.1, -0.05) is 59.9 Å². The van der Waals surface area contributed by atoms with Crippen LogP contribution in [-0.2, 0) is 9.53 Å². The quantitative estimate of drug-likeness (QED) is 0.151. The van der Waals surface area contributed by atoms with Gasteiger partial charge < -0.3 is 9.30 Å². The summed E-state index contributed by atoms with van der Waals surface area (Å²) in [5.41, 5.74) is 6.90. The molecule has 6 nitrogen and oxygen atoms in total. The number of carbonyl (C=O) groups excluding carboxylic acids is 1. The number of carbonyl (C=O) groups is 1. The molecule has 0 radical (unpaired) electrons. The summed E-state index contributed by atoms with van der Waals surface area (Å²) >= 11 is 3.61. The van der Waals surface area contributed by atoms with Crippen LogP contribution in [0.25, 0.3) is 17.5 Å². The summed E-state index contributed by atoms with van der Waals surface area (Å²) < 4.78 is 24.9. The molecule has 5 aromatic rings. The number of aryl methyl sites for hydroxylation is 2. The molecule has 0 fully saturated rings. The molecule has 222 valence electrons. The first-order valence-electron chi connectivity index (χ1n) is 14.2. The summed E-state index contributed by atoms with van der Waals surface area (Å²) in [6.07, 6.45) is 1.89. The molecule has 0 amide bonds. The highest BCUT2D eigenvalue weighted by atomic mass is 127. The van der Waals surface area contributed by atoms with Crippen molar-refractivity contribution in [1.82, 2.24) is 9.13 Å². The second-order valence-corrected chi connectivity index (χ2v) is 12.7. The number of esters is 1. The van der Waals surface area contributed by atoms with Gasteiger partial charge in [-0.25, -0.2) is 14.2 Å². The van der Waals surface area contributed by atoms with Crippen molar-refractivity contribution in [2.75, 3.05) is 6.61 Å². The van der Waals surface area contributed by atoms with E-state index in [0.29, 0.717) is 20.6 Å². The van der Waals surface area contributed by atoms with Crippen molar-refractivity contribution < 1.29 is 13.9 Å². The normalized spacial score (nSPS) is 14.9. The predicted octanol–water partition coefficient (Wildman–Crippen LogP) is 6.40. The highest BCUT2D eigenvalue weighted by Gasteiger charge is 2.35. The van der Waals surface area contributed by atoms with Crippen molar-refractivity contribution in [3.8, 4) is 5.69 Å². The monoisotopic (exact) mass is 717 g/mol. The van der Waals surface area contributed by atoms with Crippen LogP contribution < -0.4 is 14.9 Å². The SMILES string of the molecule is CCOC(=O)C1=C(c2ccccc2)N=c2s/c(=C\c3cc(C)n(-c4ccc(C)c(I)c4)c3C)c(=O)n2[C@H]1c1ccc(F)cc1. The van der Waals surface area contributed by atoms with Crippen LogP contribution in [0, 0.1) is 30.2 Å². The van der Waals surface area contributed by atoms with Crippen LogP contribution in [0.4, 0.5) is 4.39 Å². The largest absolute Gasteiger partial charge is 0.463 e. The Morgan fingerprint density at radius 1 is 1.05 bits per heavy atom. The van der Waals surface area contributed by atoms with Gasteiger partial charge in [-0.3, -0.25) is 9.36 Å². The van der Waals surface area contributed by atoms with Crippen LogP contribution in [0.5, 0.6) is 0 Å². The number of hydrogen-bond acceptors (Lipinski definition) is 5. The Bertz CT molecular complexity index is 2130. The van der Waals surface area contributed by atoms with Gasteiger partial charge in [0.25, 0.3) is 5.56 Å². The van der Waals surface area contributed by atoms with Crippen LogP contribution in [0.2, 0.25) is 0 Å². The Labute approximate surface area is 271 Å². The second kappa shape index (κ2) is 12.1. The van der Waals surface area contributed by atoms with Gasteiger partial charge in [-0.2, -0.15) is 0 Å².